The van der Waals surface area contributed by atoms with Crippen LogP contribution in [0.4, 0.5) is 0 Å². The average Bonchev–Trinajstić information content (AvgIpc) is 3.35. The van der Waals surface area contributed by atoms with Crippen LogP contribution in [0.5, 0.6) is 0 Å². The Morgan fingerprint density at radius 3 is 2.53 bits per heavy atom. The van der Waals surface area contributed by atoms with Crippen LogP contribution < -0.4 is 0 Å². The molecule has 0 aliphatic heterocycles. The minimum Gasteiger partial charge on any atom is -0.477 e. The van der Waals surface area contributed by atoms with Gasteiger partial charge in [0.25, 0.3) is 0 Å². The lowest BCUT2D eigenvalue weighted by molar-refractivity contribution is -0.131. The number of nitrogens with zero attached hydrogens (tertiary/aromatic N) is 4. The Bertz CT molecular complexity index is 1310. The maximum absolute atomic E-state index is 12.1. The van der Waals surface area contributed by atoms with Gasteiger partial charge in [0.1, 0.15) is 4.91 Å². The van der Waals surface area contributed by atoms with Crippen molar-refractivity contribution < 1.29 is 9.90 Å². The second kappa shape index (κ2) is 9.22. The summed E-state index contributed by atoms with van der Waals surface area (Å²) in [5, 5.41) is 20.7. The largest absolute Gasteiger partial charge is 0.477 e. The van der Waals surface area contributed by atoms with E-state index in [2.05, 4.69) is 28.6 Å². The van der Waals surface area contributed by atoms with Gasteiger partial charge in [-0.25, -0.2) is 4.79 Å². The monoisotopic (exact) mass is 466 g/mol. The number of carbonyl (C=O) groups is 1. The molecule has 0 unspecified atom stereocenters. The van der Waals surface area contributed by atoms with Crippen LogP contribution >= 0.6 is 23.4 Å². The van der Waals surface area contributed by atoms with Gasteiger partial charge in [0, 0.05) is 45.8 Å². The predicted octanol–water partition coefficient (Wildman–Crippen LogP) is 6.37. The van der Waals surface area contributed by atoms with E-state index in [0.29, 0.717) is 22.5 Å². The Morgan fingerprint density at radius 2 is 1.88 bits per heavy atom. The number of halogens is 1. The first-order chi connectivity index (χ1) is 15.4. The van der Waals surface area contributed by atoms with Crippen molar-refractivity contribution >= 4 is 46.3 Å². The molecule has 6 nitrogen and oxygen atoms in total. The lowest BCUT2D eigenvalue weighted by Crippen LogP contribution is -2.02. The normalized spacial score (nSPS) is 12.1. The fourth-order valence-corrected chi connectivity index (χ4v) is 4.61. The van der Waals surface area contributed by atoms with Gasteiger partial charge in [-0.2, -0.15) is 0 Å². The molecule has 0 fully saturated rings. The van der Waals surface area contributed by atoms with E-state index in [1.165, 1.54) is 0 Å². The van der Waals surface area contributed by atoms with E-state index in [4.69, 9.17) is 11.6 Å². The first kappa shape index (κ1) is 22.2. The molecule has 4 rings (SSSR count). The van der Waals surface area contributed by atoms with Gasteiger partial charge in [-0.3, -0.25) is 0 Å². The fourth-order valence-electron chi connectivity index (χ4n) is 3.61. The standard InChI is InChI=1S/C24H23ClN4O2S/c1-4-28-22(16-9-11-18(25)12-10-16)26-27-24(28)32-21(23(30)31)13-17-14-29(15(2)3)20-8-6-5-7-19(17)20/h5-15H,4H2,1-3H3,(H,30,31)/b21-13-. The number of hydrogen-bond donors (Lipinski definition) is 1. The van der Waals surface area contributed by atoms with Gasteiger partial charge in [-0.1, -0.05) is 29.8 Å². The number of aliphatic carboxylic acids is 1. The highest BCUT2D eigenvalue weighted by Gasteiger charge is 2.19. The third-order valence-electron chi connectivity index (χ3n) is 5.16. The minimum absolute atomic E-state index is 0.182. The highest BCUT2D eigenvalue weighted by Crippen LogP contribution is 2.33. The van der Waals surface area contributed by atoms with Crippen molar-refractivity contribution in [3.63, 3.8) is 0 Å². The lowest BCUT2D eigenvalue weighted by atomic mass is 10.1. The molecule has 2 aromatic heterocycles. The zero-order chi connectivity index (χ0) is 22.8. The summed E-state index contributed by atoms with van der Waals surface area (Å²) in [6.07, 6.45) is 3.72. The number of thioether (sulfide) groups is 1. The number of fused-ring (bicyclic) bond motifs is 1. The molecule has 164 valence electrons. The summed E-state index contributed by atoms with van der Waals surface area (Å²) in [4.78, 5) is 12.3. The van der Waals surface area contributed by atoms with Gasteiger partial charge in [0.15, 0.2) is 11.0 Å². The SMILES string of the molecule is CCn1c(S/C(=C\c2cn(C(C)C)c3ccccc23)C(=O)O)nnc1-c1ccc(Cl)cc1. The van der Waals surface area contributed by atoms with Gasteiger partial charge in [-0.05, 0) is 68.9 Å². The average molecular weight is 467 g/mol. The second-order valence-corrected chi connectivity index (χ2v) is 9.02. The summed E-state index contributed by atoms with van der Waals surface area (Å²) in [6, 6.07) is 15.6. The highest BCUT2D eigenvalue weighted by atomic mass is 35.5. The van der Waals surface area contributed by atoms with Crippen LogP contribution in [0.1, 0.15) is 32.4 Å². The molecule has 0 saturated carbocycles. The molecule has 32 heavy (non-hydrogen) atoms. The van der Waals surface area contributed by atoms with Crippen molar-refractivity contribution in [3.05, 3.63) is 70.2 Å². The number of benzene rings is 2. The van der Waals surface area contributed by atoms with Crippen molar-refractivity contribution in [2.45, 2.75) is 38.5 Å². The number of rotatable bonds is 7. The summed E-state index contributed by atoms with van der Waals surface area (Å²) < 4.78 is 4.06. The van der Waals surface area contributed by atoms with Gasteiger partial charge in [-0.15, -0.1) is 10.2 Å². The number of para-hydroxylation sites is 1. The smallest absolute Gasteiger partial charge is 0.342 e. The predicted molar refractivity (Wildman–Crippen MR) is 130 cm³/mol. The summed E-state index contributed by atoms with van der Waals surface area (Å²) in [6.45, 7) is 6.80. The number of aromatic nitrogens is 4. The Hall–Kier alpha value is -3.03. The summed E-state index contributed by atoms with van der Waals surface area (Å²) in [7, 11) is 0. The van der Waals surface area contributed by atoms with E-state index >= 15 is 0 Å². The molecular weight excluding hydrogens is 444 g/mol. The summed E-state index contributed by atoms with van der Waals surface area (Å²) in [5.74, 6) is -0.331. The minimum atomic E-state index is -1.00. The van der Waals surface area contributed by atoms with Crippen LogP contribution in [0, 0.1) is 0 Å². The van der Waals surface area contributed by atoms with Crippen LogP contribution in [0.3, 0.4) is 0 Å². The van der Waals surface area contributed by atoms with Crippen LogP contribution in [0.25, 0.3) is 28.4 Å². The van der Waals surface area contributed by atoms with E-state index < -0.39 is 5.97 Å². The molecule has 0 aliphatic rings. The fraction of sp³-hybridized carbons (Fsp3) is 0.208. The molecular formula is C24H23ClN4O2S. The van der Waals surface area contributed by atoms with Gasteiger partial charge >= 0.3 is 5.97 Å². The molecule has 0 radical (unpaired) electrons. The van der Waals surface area contributed by atoms with E-state index in [1.807, 2.05) is 54.1 Å². The zero-order valence-corrected chi connectivity index (χ0v) is 19.6. The molecule has 2 aromatic carbocycles. The molecule has 1 N–H and O–H groups in total. The number of carboxylic acids is 1. The lowest BCUT2D eigenvalue weighted by Gasteiger charge is -2.08. The van der Waals surface area contributed by atoms with Gasteiger partial charge in [0.05, 0.1) is 0 Å². The second-order valence-electron chi connectivity index (χ2n) is 7.58. The first-order valence-electron chi connectivity index (χ1n) is 10.3. The highest BCUT2D eigenvalue weighted by molar-refractivity contribution is 8.04. The van der Waals surface area contributed by atoms with E-state index in [-0.39, 0.29) is 10.9 Å². The summed E-state index contributed by atoms with van der Waals surface area (Å²) in [5.41, 5.74) is 2.81. The van der Waals surface area contributed by atoms with E-state index in [1.54, 1.807) is 18.2 Å². The van der Waals surface area contributed by atoms with Crippen molar-refractivity contribution in [2.24, 2.45) is 0 Å². The van der Waals surface area contributed by atoms with E-state index in [0.717, 1.165) is 33.8 Å². The Labute approximate surface area is 195 Å². The molecule has 2 heterocycles. The zero-order valence-electron chi connectivity index (χ0n) is 18.0. The summed E-state index contributed by atoms with van der Waals surface area (Å²) >= 11 is 7.10. The van der Waals surface area contributed by atoms with Crippen molar-refractivity contribution in [1.82, 2.24) is 19.3 Å². The number of hydrogen-bond acceptors (Lipinski definition) is 4. The van der Waals surface area contributed by atoms with Gasteiger partial charge < -0.3 is 14.2 Å². The first-order valence-corrected chi connectivity index (χ1v) is 11.5. The van der Waals surface area contributed by atoms with Crippen LogP contribution in [0.15, 0.2) is 64.8 Å². The van der Waals surface area contributed by atoms with Crippen molar-refractivity contribution in [3.8, 4) is 11.4 Å². The van der Waals surface area contributed by atoms with Gasteiger partial charge in [0.2, 0.25) is 0 Å². The topological polar surface area (TPSA) is 72.9 Å². The Kier molecular flexibility index (Phi) is 6.39. The molecule has 8 heteroatoms. The molecule has 0 saturated heterocycles. The quantitative estimate of drug-likeness (QED) is 0.253. The van der Waals surface area contributed by atoms with Crippen molar-refractivity contribution in [2.75, 3.05) is 0 Å². The molecule has 0 amide bonds. The third-order valence-corrected chi connectivity index (χ3v) is 6.41. The molecule has 4 aromatic rings. The molecule has 0 bridgehead atoms. The maximum Gasteiger partial charge on any atom is 0.342 e. The third kappa shape index (κ3) is 4.31. The Balaban J connectivity index is 1.75. The van der Waals surface area contributed by atoms with Crippen molar-refractivity contribution in [1.29, 1.82) is 0 Å². The maximum atomic E-state index is 12.1. The molecule has 0 aliphatic carbocycles. The van der Waals surface area contributed by atoms with Crippen LogP contribution in [0.2, 0.25) is 5.02 Å². The van der Waals surface area contributed by atoms with Crippen LogP contribution in [-0.2, 0) is 11.3 Å². The van der Waals surface area contributed by atoms with Crippen LogP contribution in [-0.4, -0.2) is 30.4 Å². The number of carboxylic acid groups (broad SMARTS) is 1. The molecule has 0 atom stereocenters. The molecule has 0 spiro atoms. The Morgan fingerprint density at radius 1 is 1.16 bits per heavy atom. The van der Waals surface area contributed by atoms with E-state index in [9.17, 15) is 9.90 Å².